The van der Waals surface area contributed by atoms with Gasteiger partial charge < -0.3 is 16.4 Å². The Morgan fingerprint density at radius 2 is 2.12 bits per heavy atom. The number of nitro benzene ring substituents is 1. The molecule has 0 aliphatic carbocycles. The van der Waals surface area contributed by atoms with Gasteiger partial charge in [-0.05, 0) is 43.4 Å². The SMILES string of the molecule is CSCC[C@H](N)C(=O)NCCCNc1ccc(C)cc1[N+](=O)[O-].Cl. The molecular formula is C15H25ClN4O3S. The normalized spacial score (nSPS) is 11.3. The Bertz CT molecular complexity index is 545. The van der Waals surface area contributed by atoms with Crippen LogP contribution in [0.4, 0.5) is 11.4 Å². The summed E-state index contributed by atoms with van der Waals surface area (Å²) in [4.78, 5) is 22.3. The first-order valence-corrected chi connectivity index (χ1v) is 8.86. The first-order valence-electron chi connectivity index (χ1n) is 7.47. The second-order valence-electron chi connectivity index (χ2n) is 5.24. The smallest absolute Gasteiger partial charge is 0.292 e. The lowest BCUT2D eigenvalue weighted by Gasteiger charge is -2.12. The van der Waals surface area contributed by atoms with Gasteiger partial charge >= 0.3 is 0 Å². The van der Waals surface area contributed by atoms with Crippen molar-refractivity contribution < 1.29 is 9.72 Å². The van der Waals surface area contributed by atoms with Gasteiger partial charge in [-0.2, -0.15) is 11.8 Å². The first kappa shape index (κ1) is 22.5. The molecule has 0 fully saturated rings. The number of nitrogens with zero attached hydrogens (tertiary/aromatic N) is 1. The van der Waals surface area contributed by atoms with E-state index in [2.05, 4.69) is 10.6 Å². The summed E-state index contributed by atoms with van der Waals surface area (Å²) in [6, 6.07) is 4.58. The van der Waals surface area contributed by atoms with Gasteiger partial charge in [-0.3, -0.25) is 14.9 Å². The lowest BCUT2D eigenvalue weighted by Crippen LogP contribution is -2.41. The number of thioether (sulfide) groups is 1. The molecule has 0 bridgehead atoms. The summed E-state index contributed by atoms with van der Waals surface area (Å²) < 4.78 is 0. The molecule has 136 valence electrons. The van der Waals surface area contributed by atoms with Crippen molar-refractivity contribution >= 4 is 41.5 Å². The summed E-state index contributed by atoms with van der Waals surface area (Å²) in [5, 5.41) is 16.8. The summed E-state index contributed by atoms with van der Waals surface area (Å²) in [7, 11) is 0. The molecule has 0 saturated heterocycles. The van der Waals surface area contributed by atoms with Crippen molar-refractivity contribution in [1.29, 1.82) is 0 Å². The Morgan fingerprint density at radius 3 is 2.75 bits per heavy atom. The molecule has 0 aliphatic heterocycles. The highest BCUT2D eigenvalue weighted by Gasteiger charge is 2.14. The van der Waals surface area contributed by atoms with Crippen LogP contribution >= 0.6 is 24.2 Å². The standard InChI is InChI=1S/C15H24N4O3S.ClH/c1-11-4-5-13(14(10-11)19(21)22)17-7-3-8-18-15(20)12(16)6-9-23-2;/h4-5,10,12,17H,3,6-9,16H2,1-2H3,(H,18,20);1H/t12-;/m0./s1. The van der Waals surface area contributed by atoms with Gasteiger partial charge in [-0.25, -0.2) is 0 Å². The number of anilines is 1. The van der Waals surface area contributed by atoms with Gasteiger partial charge in [0.1, 0.15) is 5.69 Å². The Balaban J connectivity index is 0.00000529. The number of hydrogen-bond acceptors (Lipinski definition) is 6. The monoisotopic (exact) mass is 376 g/mol. The van der Waals surface area contributed by atoms with E-state index in [1.165, 1.54) is 6.07 Å². The lowest BCUT2D eigenvalue weighted by molar-refractivity contribution is -0.384. The fraction of sp³-hybridized carbons (Fsp3) is 0.533. The maximum Gasteiger partial charge on any atom is 0.292 e. The number of carbonyl (C=O) groups excluding carboxylic acids is 1. The minimum atomic E-state index is -0.478. The summed E-state index contributed by atoms with van der Waals surface area (Å²) in [6.07, 6.45) is 3.29. The first-order chi connectivity index (χ1) is 11.0. The van der Waals surface area contributed by atoms with Gasteiger partial charge in [-0.1, -0.05) is 6.07 Å². The van der Waals surface area contributed by atoms with E-state index < -0.39 is 11.0 Å². The van der Waals surface area contributed by atoms with Crippen molar-refractivity contribution in [2.24, 2.45) is 5.73 Å². The van der Waals surface area contributed by atoms with Crippen LogP contribution in [0.1, 0.15) is 18.4 Å². The quantitative estimate of drug-likeness (QED) is 0.328. The molecule has 4 N–H and O–H groups in total. The molecule has 0 saturated carbocycles. The van der Waals surface area contributed by atoms with Crippen LogP contribution in [-0.4, -0.2) is 42.0 Å². The number of aryl methyl sites for hydroxylation is 1. The molecule has 24 heavy (non-hydrogen) atoms. The third-order valence-electron chi connectivity index (χ3n) is 3.29. The lowest BCUT2D eigenvalue weighted by atomic mass is 10.2. The minimum Gasteiger partial charge on any atom is -0.379 e. The van der Waals surface area contributed by atoms with Crippen LogP contribution in [0.15, 0.2) is 18.2 Å². The van der Waals surface area contributed by atoms with Crippen molar-refractivity contribution in [3.05, 3.63) is 33.9 Å². The molecule has 1 rings (SSSR count). The molecule has 0 spiro atoms. The molecule has 1 amide bonds. The highest BCUT2D eigenvalue weighted by Crippen LogP contribution is 2.24. The molecule has 7 nitrogen and oxygen atoms in total. The van der Waals surface area contributed by atoms with E-state index in [-0.39, 0.29) is 24.0 Å². The number of carbonyl (C=O) groups is 1. The Morgan fingerprint density at radius 1 is 1.42 bits per heavy atom. The second-order valence-corrected chi connectivity index (χ2v) is 6.22. The van der Waals surface area contributed by atoms with E-state index in [4.69, 9.17) is 5.73 Å². The van der Waals surface area contributed by atoms with Crippen LogP contribution in [0.25, 0.3) is 0 Å². The van der Waals surface area contributed by atoms with Gasteiger partial charge in [0.05, 0.1) is 11.0 Å². The highest BCUT2D eigenvalue weighted by atomic mass is 35.5. The average molecular weight is 377 g/mol. The molecule has 0 aliphatic rings. The van der Waals surface area contributed by atoms with E-state index >= 15 is 0 Å². The number of nitrogens with one attached hydrogen (secondary N) is 2. The Kier molecular flexibility index (Phi) is 11.2. The minimum absolute atomic E-state index is 0. The predicted octanol–water partition coefficient (Wildman–Crippen LogP) is 2.32. The van der Waals surface area contributed by atoms with Crippen LogP contribution in [0.5, 0.6) is 0 Å². The number of amides is 1. The molecule has 0 aromatic heterocycles. The third kappa shape index (κ3) is 7.85. The van der Waals surface area contributed by atoms with Crippen molar-refractivity contribution in [1.82, 2.24) is 5.32 Å². The van der Waals surface area contributed by atoms with Gasteiger partial charge in [0, 0.05) is 19.2 Å². The van der Waals surface area contributed by atoms with E-state index in [0.717, 1.165) is 11.3 Å². The summed E-state index contributed by atoms with van der Waals surface area (Å²) in [6.45, 7) is 2.83. The summed E-state index contributed by atoms with van der Waals surface area (Å²) >= 11 is 1.66. The van der Waals surface area contributed by atoms with Crippen molar-refractivity contribution in [2.75, 3.05) is 30.4 Å². The van der Waals surface area contributed by atoms with Gasteiger partial charge in [0.25, 0.3) is 5.69 Å². The Labute approximate surface area is 152 Å². The number of nitro groups is 1. The second kappa shape index (κ2) is 11.9. The van der Waals surface area contributed by atoms with E-state index in [9.17, 15) is 14.9 Å². The van der Waals surface area contributed by atoms with Crippen LogP contribution in [0, 0.1) is 17.0 Å². The fourth-order valence-corrected chi connectivity index (χ4v) is 2.46. The number of hydrogen-bond donors (Lipinski definition) is 3. The van der Waals surface area contributed by atoms with Gasteiger partial charge in [0.2, 0.25) is 5.91 Å². The van der Waals surface area contributed by atoms with Crippen LogP contribution in [-0.2, 0) is 4.79 Å². The number of nitrogens with two attached hydrogens (primary N) is 1. The zero-order valence-electron chi connectivity index (χ0n) is 13.9. The number of benzene rings is 1. The highest BCUT2D eigenvalue weighted by molar-refractivity contribution is 7.98. The Hall–Kier alpha value is -1.51. The molecule has 0 radical (unpaired) electrons. The topological polar surface area (TPSA) is 110 Å². The third-order valence-corrected chi connectivity index (χ3v) is 3.93. The fourth-order valence-electron chi connectivity index (χ4n) is 1.97. The van der Waals surface area contributed by atoms with Crippen LogP contribution < -0.4 is 16.4 Å². The number of halogens is 1. The zero-order valence-corrected chi connectivity index (χ0v) is 15.5. The molecular weight excluding hydrogens is 352 g/mol. The molecule has 0 heterocycles. The van der Waals surface area contributed by atoms with Crippen molar-refractivity contribution in [3.8, 4) is 0 Å². The maximum absolute atomic E-state index is 11.7. The zero-order chi connectivity index (χ0) is 17.2. The largest absolute Gasteiger partial charge is 0.379 e. The average Bonchev–Trinajstić information content (AvgIpc) is 2.52. The molecule has 9 heteroatoms. The maximum atomic E-state index is 11.7. The van der Waals surface area contributed by atoms with Crippen molar-refractivity contribution in [3.63, 3.8) is 0 Å². The number of rotatable bonds is 10. The van der Waals surface area contributed by atoms with E-state index in [1.54, 1.807) is 17.8 Å². The van der Waals surface area contributed by atoms with E-state index in [0.29, 0.717) is 31.6 Å². The summed E-state index contributed by atoms with van der Waals surface area (Å²) in [5.41, 5.74) is 7.15. The predicted molar refractivity (Wildman–Crippen MR) is 102 cm³/mol. The molecule has 1 atom stereocenters. The van der Waals surface area contributed by atoms with Gasteiger partial charge in [0.15, 0.2) is 0 Å². The molecule has 0 unspecified atom stereocenters. The summed E-state index contributed by atoms with van der Waals surface area (Å²) in [5.74, 6) is 0.702. The van der Waals surface area contributed by atoms with Crippen LogP contribution in [0.2, 0.25) is 0 Å². The molecule has 1 aromatic rings. The molecule has 1 aromatic carbocycles. The van der Waals surface area contributed by atoms with Crippen LogP contribution in [0.3, 0.4) is 0 Å². The van der Waals surface area contributed by atoms with Gasteiger partial charge in [-0.15, -0.1) is 12.4 Å². The van der Waals surface area contributed by atoms with E-state index in [1.807, 2.05) is 19.2 Å². The van der Waals surface area contributed by atoms with Crippen molar-refractivity contribution in [2.45, 2.75) is 25.8 Å².